The van der Waals surface area contributed by atoms with Crippen LogP contribution >= 0.6 is 0 Å². The molecule has 0 saturated carbocycles. The molecule has 230 valence electrons. The number of hydroxylamine groups is 2. The Bertz CT molecular complexity index is 1060. The zero-order chi connectivity index (χ0) is 30.9. The summed E-state index contributed by atoms with van der Waals surface area (Å²) in [6.07, 6.45) is -2.17. The molecule has 1 unspecified atom stereocenters. The van der Waals surface area contributed by atoms with E-state index in [1.165, 1.54) is 26.2 Å². The predicted octanol–water partition coefficient (Wildman–Crippen LogP) is 3.59. The van der Waals surface area contributed by atoms with Gasteiger partial charge in [0.05, 0.1) is 30.3 Å². The van der Waals surface area contributed by atoms with Crippen LogP contribution in [0.25, 0.3) is 0 Å². The molecule has 0 N–H and O–H groups in total. The minimum absolute atomic E-state index is 0.00234. The minimum atomic E-state index is -2.88. The fourth-order valence-corrected chi connectivity index (χ4v) is 16.9. The van der Waals surface area contributed by atoms with Crippen molar-refractivity contribution in [2.75, 3.05) is 13.7 Å². The van der Waals surface area contributed by atoms with Gasteiger partial charge in [-0.15, -0.1) is 0 Å². The summed E-state index contributed by atoms with van der Waals surface area (Å²) < 4.78 is 35.6. The van der Waals surface area contributed by atoms with Gasteiger partial charge in [-0.1, -0.05) is 5.06 Å². The molecule has 0 aliphatic carbocycles. The van der Waals surface area contributed by atoms with Crippen molar-refractivity contribution in [3.05, 3.63) is 27.8 Å². The first kappa shape index (κ1) is 34.6. The fraction of sp³-hybridized carbons (Fsp3) is 0.609. The van der Waals surface area contributed by atoms with Crippen molar-refractivity contribution in [1.82, 2.24) is 5.06 Å². The van der Waals surface area contributed by atoms with Crippen LogP contribution in [0.4, 0.5) is 10.5 Å². The number of nitro groups is 1. The van der Waals surface area contributed by atoms with Crippen molar-refractivity contribution < 1.29 is 50.7 Å². The number of hydrogen-bond donors (Lipinski definition) is 0. The Morgan fingerprint density at radius 3 is 2.00 bits per heavy atom. The van der Waals surface area contributed by atoms with E-state index in [2.05, 4.69) is 39.3 Å². The number of carbonyl (C=O) groups is 3. The van der Waals surface area contributed by atoms with Crippen LogP contribution in [0.1, 0.15) is 37.9 Å². The number of carbonyl (C=O) groups excluding carboxylic acids is 3. The summed E-state index contributed by atoms with van der Waals surface area (Å²) in [5.41, 5.74) is -0.377. The number of nitrogens with zero attached hydrogens (tertiary/aromatic N) is 2. The van der Waals surface area contributed by atoms with Crippen LogP contribution in [0, 0.1) is 10.1 Å². The fourth-order valence-electron chi connectivity index (χ4n) is 4.09. The first-order valence-electron chi connectivity index (χ1n) is 13.4. The SMILES string of the molecule is COc1cc(C(C)OC(=O)ON2C(=O)CCC2=O)c([N+](=O)[O-])cc1OCCC[Si](O[SiH](C)C)(O[SiH](C)C)O[SiH](C)C. The van der Waals surface area contributed by atoms with Crippen LogP contribution in [0.3, 0.4) is 0 Å². The summed E-state index contributed by atoms with van der Waals surface area (Å²) in [7, 11) is -5.87. The molecular formula is C23H40N2O12Si4. The molecule has 1 heterocycles. The number of hydrogen-bond acceptors (Lipinski definition) is 12. The Hall–Kier alpha value is -2.62. The van der Waals surface area contributed by atoms with E-state index in [9.17, 15) is 24.5 Å². The van der Waals surface area contributed by atoms with Gasteiger partial charge in [0.2, 0.25) is 0 Å². The molecule has 1 saturated heterocycles. The lowest BCUT2D eigenvalue weighted by Crippen LogP contribution is -2.53. The molecular weight excluding hydrogens is 609 g/mol. The molecule has 0 spiro atoms. The molecule has 1 fully saturated rings. The number of nitro benzene ring substituents is 1. The van der Waals surface area contributed by atoms with Gasteiger partial charge < -0.3 is 26.6 Å². The quantitative estimate of drug-likeness (QED) is 0.0640. The van der Waals surface area contributed by atoms with E-state index in [1.54, 1.807) is 0 Å². The molecule has 1 aliphatic heterocycles. The molecule has 2 amide bonds. The molecule has 1 aliphatic rings. The Morgan fingerprint density at radius 1 is 1.00 bits per heavy atom. The Kier molecular flexibility index (Phi) is 13.1. The Labute approximate surface area is 245 Å². The summed E-state index contributed by atoms with van der Waals surface area (Å²) >= 11 is 0. The van der Waals surface area contributed by atoms with Crippen LogP contribution in [0.2, 0.25) is 45.3 Å². The van der Waals surface area contributed by atoms with E-state index < -0.39 is 64.9 Å². The molecule has 14 nitrogen and oxygen atoms in total. The highest BCUT2D eigenvalue weighted by molar-refractivity contribution is 6.79. The number of methoxy groups -OCH3 is 1. The highest BCUT2D eigenvalue weighted by Gasteiger charge is 2.42. The van der Waals surface area contributed by atoms with E-state index in [0.717, 1.165) is 0 Å². The van der Waals surface area contributed by atoms with Crippen molar-refractivity contribution in [2.24, 2.45) is 0 Å². The molecule has 2 rings (SSSR count). The van der Waals surface area contributed by atoms with E-state index >= 15 is 0 Å². The van der Waals surface area contributed by atoms with Gasteiger partial charge in [0.15, 0.2) is 38.6 Å². The maximum Gasteiger partial charge on any atom is 0.534 e. The van der Waals surface area contributed by atoms with E-state index in [-0.39, 0.29) is 42.2 Å². The third-order valence-corrected chi connectivity index (χ3v) is 16.5. The van der Waals surface area contributed by atoms with Gasteiger partial charge in [0, 0.05) is 18.9 Å². The zero-order valence-corrected chi connectivity index (χ0v) is 29.3. The molecule has 0 radical (unpaired) electrons. The summed E-state index contributed by atoms with van der Waals surface area (Å²) in [4.78, 5) is 51.5. The second kappa shape index (κ2) is 15.6. The van der Waals surface area contributed by atoms with Crippen LogP contribution < -0.4 is 9.47 Å². The smallest absolute Gasteiger partial charge is 0.493 e. The second-order valence-corrected chi connectivity index (χ2v) is 21.1. The Morgan fingerprint density at radius 2 is 1.54 bits per heavy atom. The molecule has 18 heteroatoms. The average Bonchev–Trinajstić information content (AvgIpc) is 3.16. The van der Waals surface area contributed by atoms with Crippen molar-refractivity contribution in [3.8, 4) is 11.5 Å². The lowest BCUT2D eigenvalue weighted by Gasteiger charge is -2.35. The summed E-state index contributed by atoms with van der Waals surface area (Å²) in [5.74, 6) is -1.04. The van der Waals surface area contributed by atoms with Gasteiger partial charge >= 0.3 is 15.0 Å². The van der Waals surface area contributed by atoms with Crippen molar-refractivity contribution in [1.29, 1.82) is 0 Å². The first-order chi connectivity index (χ1) is 19.2. The monoisotopic (exact) mass is 648 g/mol. The van der Waals surface area contributed by atoms with Crippen molar-refractivity contribution in [2.45, 2.75) is 77.6 Å². The van der Waals surface area contributed by atoms with Crippen LogP contribution in [0.15, 0.2) is 12.1 Å². The highest BCUT2D eigenvalue weighted by atomic mass is 28.5. The maximum atomic E-state index is 12.2. The maximum absolute atomic E-state index is 12.2. The molecule has 41 heavy (non-hydrogen) atoms. The van der Waals surface area contributed by atoms with E-state index in [1.807, 2.05) is 0 Å². The van der Waals surface area contributed by atoms with Gasteiger partial charge in [-0.05, 0) is 58.7 Å². The number of imide groups is 1. The number of amides is 2. The minimum Gasteiger partial charge on any atom is -0.493 e. The summed E-state index contributed by atoms with van der Waals surface area (Å²) in [6, 6.07) is 3.10. The molecule has 1 aromatic carbocycles. The number of rotatable bonds is 16. The zero-order valence-electron chi connectivity index (χ0n) is 24.8. The van der Waals surface area contributed by atoms with Crippen LogP contribution in [-0.4, -0.2) is 77.6 Å². The first-order valence-corrected chi connectivity index (χ1v) is 23.7. The summed E-state index contributed by atoms with van der Waals surface area (Å²) in [5, 5.41) is 12.2. The van der Waals surface area contributed by atoms with Gasteiger partial charge in [-0.25, -0.2) is 4.79 Å². The van der Waals surface area contributed by atoms with Crippen molar-refractivity contribution >= 4 is 59.6 Å². The highest BCUT2D eigenvalue weighted by Crippen LogP contribution is 2.39. The van der Waals surface area contributed by atoms with Gasteiger partial charge in [-0.3, -0.25) is 24.5 Å². The van der Waals surface area contributed by atoms with Crippen LogP contribution in [0.5, 0.6) is 11.5 Å². The second-order valence-electron chi connectivity index (χ2n) is 10.1. The number of benzene rings is 1. The topological polar surface area (TPSA) is 162 Å². The largest absolute Gasteiger partial charge is 0.534 e. The van der Waals surface area contributed by atoms with Gasteiger partial charge in [0.1, 0.15) is 6.10 Å². The third-order valence-electron chi connectivity index (χ3n) is 5.52. The normalized spacial score (nSPS) is 14.7. The predicted molar refractivity (Wildman–Crippen MR) is 157 cm³/mol. The van der Waals surface area contributed by atoms with Gasteiger partial charge in [0.25, 0.3) is 17.5 Å². The number of ether oxygens (including phenoxy) is 3. The molecule has 0 bridgehead atoms. The molecule has 1 aromatic rings. The lowest BCUT2D eigenvalue weighted by molar-refractivity contribution is -0.386. The molecule has 1 atom stereocenters. The average molecular weight is 649 g/mol. The van der Waals surface area contributed by atoms with Gasteiger partial charge in [-0.2, -0.15) is 0 Å². The Balaban J connectivity index is 2.17. The van der Waals surface area contributed by atoms with E-state index in [0.29, 0.717) is 17.5 Å². The molecule has 0 aromatic heterocycles. The summed E-state index contributed by atoms with van der Waals surface area (Å²) in [6.45, 7) is 14.1. The van der Waals surface area contributed by atoms with E-state index in [4.69, 9.17) is 31.4 Å². The standard InChI is InChI=1S/C23H40N2O12Si4/c1-16(33-23(28)34-24-21(26)10-11-22(24)27)17-14-19(31-2)20(15-18(17)25(29)30)32-12-9-13-41(35-38(3)4,36-39(5)6)37-40(7)8/h14-16,38-40H,9-13H2,1-8H3. The lowest BCUT2D eigenvalue weighted by atomic mass is 10.1. The van der Waals surface area contributed by atoms with Crippen molar-refractivity contribution in [3.63, 3.8) is 0 Å². The van der Waals surface area contributed by atoms with Crippen LogP contribution in [-0.2, 0) is 31.5 Å². The third kappa shape index (κ3) is 10.3.